The van der Waals surface area contributed by atoms with Crippen molar-refractivity contribution in [3.8, 4) is 0 Å². The maximum absolute atomic E-state index is 11.1. The predicted octanol–water partition coefficient (Wildman–Crippen LogP) is 4.74. The highest BCUT2D eigenvalue weighted by atomic mass is 16.1. The van der Waals surface area contributed by atoms with Crippen molar-refractivity contribution in [2.75, 3.05) is 0 Å². The quantitative estimate of drug-likeness (QED) is 0.478. The van der Waals surface area contributed by atoms with E-state index in [9.17, 15) is 4.79 Å². The summed E-state index contributed by atoms with van der Waals surface area (Å²) in [4.78, 5) is 11.1. The molecule has 0 aliphatic rings. The van der Waals surface area contributed by atoms with E-state index in [2.05, 4.69) is 13.8 Å². The van der Waals surface area contributed by atoms with Crippen molar-refractivity contribution in [1.82, 2.24) is 0 Å². The third-order valence-electron chi connectivity index (χ3n) is 3.01. The Morgan fingerprint density at radius 2 is 1.53 bits per heavy atom. The van der Waals surface area contributed by atoms with Crippen molar-refractivity contribution in [2.24, 2.45) is 5.92 Å². The van der Waals surface area contributed by atoms with Gasteiger partial charge >= 0.3 is 0 Å². The van der Waals surface area contributed by atoms with Crippen LogP contribution in [0.3, 0.4) is 0 Å². The van der Waals surface area contributed by atoms with Crippen LogP contribution in [0.15, 0.2) is 0 Å². The molecule has 0 radical (unpaired) electrons. The van der Waals surface area contributed by atoms with Crippen LogP contribution in [0.5, 0.6) is 0 Å². The second-order valence-corrected chi connectivity index (χ2v) is 4.76. The minimum Gasteiger partial charge on any atom is -0.300 e. The van der Waals surface area contributed by atoms with Crippen molar-refractivity contribution >= 4 is 5.78 Å². The molecule has 1 unspecified atom stereocenters. The standard InChI is InChI=1S/C14H28O/c1-4-6-8-9-11-14(10-7-5-2)12-13(3)15/h14H,4-12H2,1-3H3. The summed E-state index contributed by atoms with van der Waals surface area (Å²) in [6.45, 7) is 6.19. The number of hydrogen-bond donors (Lipinski definition) is 0. The van der Waals surface area contributed by atoms with Gasteiger partial charge < -0.3 is 4.79 Å². The fourth-order valence-corrected chi connectivity index (χ4v) is 2.11. The smallest absolute Gasteiger partial charge is 0.130 e. The van der Waals surface area contributed by atoms with Gasteiger partial charge in [-0.25, -0.2) is 0 Å². The van der Waals surface area contributed by atoms with Crippen LogP contribution in [0, 0.1) is 5.92 Å². The zero-order chi connectivity index (χ0) is 11.5. The maximum atomic E-state index is 11.1. The summed E-state index contributed by atoms with van der Waals surface area (Å²) in [5.74, 6) is 1.03. The Morgan fingerprint density at radius 1 is 0.933 bits per heavy atom. The lowest BCUT2D eigenvalue weighted by atomic mass is 9.91. The molecule has 0 amide bonds. The van der Waals surface area contributed by atoms with Gasteiger partial charge in [0.05, 0.1) is 0 Å². The van der Waals surface area contributed by atoms with Crippen LogP contribution in [0.1, 0.15) is 78.6 Å². The van der Waals surface area contributed by atoms with Crippen molar-refractivity contribution in [3.63, 3.8) is 0 Å². The van der Waals surface area contributed by atoms with Gasteiger partial charge in [-0.2, -0.15) is 0 Å². The summed E-state index contributed by atoms with van der Waals surface area (Å²) >= 11 is 0. The zero-order valence-corrected chi connectivity index (χ0v) is 10.8. The molecule has 1 nitrogen and oxygen atoms in total. The molecule has 0 rings (SSSR count). The van der Waals surface area contributed by atoms with Gasteiger partial charge in [-0.05, 0) is 12.8 Å². The third kappa shape index (κ3) is 9.96. The second kappa shape index (κ2) is 10.2. The SMILES string of the molecule is CCCCCCC(CCCC)CC(C)=O. The number of unbranched alkanes of at least 4 members (excludes halogenated alkanes) is 4. The van der Waals surface area contributed by atoms with Crippen LogP contribution in [-0.2, 0) is 4.79 Å². The van der Waals surface area contributed by atoms with Crippen LogP contribution in [0.4, 0.5) is 0 Å². The molecule has 0 aromatic heterocycles. The van der Waals surface area contributed by atoms with Crippen molar-refractivity contribution in [1.29, 1.82) is 0 Å². The molecule has 0 saturated carbocycles. The first-order valence-electron chi connectivity index (χ1n) is 6.70. The highest BCUT2D eigenvalue weighted by Gasteiger charge is 2.10. The minimum atomic E-state index is 0.367. The summed E-state index contributed by atoms with van der Waals surface area (Å²) in [6.07, 6.45) is 11.2. The van der Waals surface area contributed by atoms with Gasteiger partial charge in [0.2, 0.25) is 0 Å². The molecule has 0 aromatic carbocycles. The highest BCUT2D eigenvalue weighted by Crippen LogP contribution is 2.20. The van der Waals surface area contributed by atoms with E-state index in [1.807, 2.05) is 0 Å². The average molecular weight is 212 g/mol. The molecule has 0 bridgehead atoms. The van der Waals surface area contributed by atoms with Gasteiger partial charge in [0.15, 0.2) is 0 Å². The Labute approximate surface area is 95.6 Å². The van der Waals surface area contributed by atoms with E-state index < -0.39 is 0 Å². The molecule has 0 aromatic rings. The number of Topliss-reactive ketones (excluding diaryl/α,β-unsaturated/α-hetero) is 1. The second-order valence-electron chi connectivity index (χ2n) is 4.76. The monoisotopic (exact) mass is 212 g/mol. The molecule has 0 fully saturated rings. The van der Waals surface area contributed by atoms with Gasteiger partial charge in [-0.3, -0.25) is 0 Å². The number of carbonyl (C=O) groups is 1. The molecule has 0 aliphatic heterocycles. The van der Waals surface area contributed by atoms with Crippen molar-refractivity contribution in [2.45, 2.75) is 78.6 Å². The Morgan fingerprint density at radius 3 is 2.07 bits per heavy atom. The van der Waals surface area contributed by atoms with E-state index in [1.54, 1.807) is 6.92 Å². The largest absolute Gasteiger partial charge is 0.300 e. The summed E-state index contributed by atoms with van der Waals surface area (Å²) < 4.78 is 0. The first kappa shape index (κ1) is 14.7. The summed E-state index contributed by atoms with van der Waals surface area (Å²) in [7, 11) is 0. The molecule has 1 heteroatoms. The van der Waals surface area contributed by atoms with E-state index in [4.69, 9.17) is 0 Å². The average Bonchev–Trinajstić information content (AvgIpc) is 2.19. The van der Waals surface area contributed by atoms with Gasteiger partial charge in [0, 0.05) is 6.42 Å². The summed E-state index contributed by atoms with van der Waals surface area (Å²) in [5, 5.41) is 0. The maximum Gasteiger partial charge on any atom is 0.130 e. The van der Waals surface area contributed by atoms with Gasteiger partial charge in [0.1, 0.15) is 5.78 Å². The molecule has 0 heterocycles. The van der Waals surface area contributed by atoms with E-state index in [-0.39, 0.29) is 0 Å². The number of hydrogen-bond acceptors (Lipinski definition) is 1. The molecular formula is C14H28O. The predicted molar refractivity (Wildman–Crippen MR) is 67.1 cm³/mol. The molecule has 90 valence electrons. The van der Waals surface area contributed by atoms with E-state index in [0.29, 0.717) is 11.7 Å². The lowest BCUT2D eigenvalue weighted by Crippen LogP contribution is -2.06. The third-order valence-corrected chi connectivity index (χ3v) is 3.01. The first-order chi connectivity index (χ1) is 7.20. The number of rotatable bonds is 10. The van der Waals surface area contributed by atoms with Crippen molar-refractivity contribution < 1.29 is 4.79 Å². The topological polar surface area (TPSA) is 17.1 Å². The normalized spacial score (nSPS) is 12.7. The van der Waals surface area contributed by atoms with Gasteiger partial charge in [-0.1, -0.05) is 65.2 Å². The number of ketones is 1. The Balaban J connectivity index is 3.64. The van der Waals surface area contributed by atoms with E-state index >= 15 is 0 Å². The van der Waals surface area contributed by atoms with E-state index in [1.165, 1.54) is 51.4 Å². The summed E-state index contributed by atoms with van der Waals surface area (Å²) in [6, 6.07) is 0. The van der Waals surface area contributed by atoms with Gasteiger partial charge in [0.25, 0.3) is 0 Å². The molecule has 0 aliphatic carbocycles. The zero-order valence-electron chi connectivity index (χ0n) is 10.8. The molecule has 0 N–H and O–H groups in total. The minimum absolute atomic E-state index is 0.367. The lowest BCUT2D eigenvalue weighted by Gasteiger charge is -2.14. The van der Waals surface area contributed by atoms with Crippen LogP contribution >= 0.6 is 0 Å². The van der Waals surface area contributed by atoms with Crippen LogP contribution in [-0.4, -0.2) is 5.78 Å². The van der Waals surface area contributed by atoms with E-state index in [0.717, 1.165) is 6.42 Å². The molecule has 15 heavy (non-hydrogen) atoms. The Hall–Kier alpha value is -0.330. The fourth-order valence-electron chi connectivity index (χ4n) is 2.11. The number of carbonyl (C=O) groups excluding carboxylic acids is 1. The van der Waals surface area contributed by atoms with Crippen molar-refractivity contribution in [3.05, 3.63) is 0 Å². The van der Waals surface area contributed by atoms with Crippen LogP contribution in [0.25, 0.3) is 0 Å². The first-order valence-corrected chi connectivity index (χ1v) is 6.70. The molecule has 0 saturated heterocycles. The lowest BCUT2D eigenvalue weighted by molar-refractivity contribution is -0.118. The van der Waals surface area contributed by atoms with Crippen LogP contribution in [0.2, 0.25) is 0 Å². The van der Waals surface area contributed by atoms with Gasteiger partial charge in [-0.15, -0.1) is 0 Å². The fraction of sp³-hybridized carbons (Fsp3) is 0.929. The Bertz CT molecular complexity index is 151. The molecule has 1 atom stereocenters. The molecular weight excluding hydrogens is 184 g/mol. The van der Waals surface area contributed by atoms with Crippen LogP contribution < -0.4 is 0 Å². The summed E-state index contributed by atoms with van der Waals surface area (Å²) in [5.41, 5.74) is 0. The molecule has 0 spiro atoms. The highest BCUT2D eigenvalue weighted by molar-refractivity contribution is 5.75. The Kier molecular flexibility index (Phi) is 9.97.